The molecule has 0 aliphatic rings. The molecule has 5 aromatic rings. The highest BCUT2D eigenvalue weighted by molar-refractivity contribution is 5.91. The smallest absolute Gasteiger partial charge is 0.227 e. The third-order valence-corrected chi connectivity index (χ3v) is 5.16. The maximum Gasteiger partial charge on any atom is 0.227 e. The third kappa shape index (κ3) is 3.16. The number of benzene rings is 3. The largest absolute Gasteiger partial charge is 0.436 e. The zero-order chi connectivity index (χ0) is 20.8. The highest BCUT2D eigenvalue weighted by Gasteiger charge is 2.14. The summed E-state index contributed by atoms with van der Waals surface area (Å²) in [6.07, 6.45) is 0. The van der Waals surface area contributed by atoms with E-state index >= 15 is 0 Å². The number of aromatic nitrogens is 2. The van der Waals surface area contributed by atoms with Gasteiger partial charge in [0.15, 0.2) is 11.2 Å². The van der Waals surface area contributed by atoms with Crippen LogP contribution in [0.25, 0.3) is 45.1 Å². The lowest BCUT2D eigenvalue weighted by atomic mass is 10.2. The molecule has 2 heterocycles. The minimum absolute atomic E-state index is 0.586. The van der Waals surface area contributed by atoms with Crippen LogP contribution >= 0.6 is 0 Å². The first kappa shape index (κ1) is 18.2. The minimum Gasteiger partial charge on any atom is -0.436 e. The van der Waals surface area contributed by atoms with Crippen LogP contribution < -0.4 is 9.80 Å². The van der Waals surface area contributed by atoms with E-state index < -0.39 is 0 Å². The van der Waals surface area contributed by atoms with E-state index in [2.05, 4.69) is 19.8 Å². The fourth-order valence-electron chi connectivity index (χ4n) is 3.40. The lowest BCUT2D eigenvalue weighted by Crippen LogP contribution is -2.07. The third-order valence-electron chi connectivity index (χ3n) is 5.16. The second-order valence-corrected chi connectivity index (χ2v) is 7.71. The van der Waals surface area contributed by atoms with Crippen LogP contribution in [0.2, 0.25) is 0 Å². The lowest BCUT2D eigenvalue weighted by Gasteiger charge is -2.11. The average molecular weight is 398 g/mol. The second-order valence-electron chi connectivity index (χ2n) is 7.71. The lowest BCUT2D eigenvalue weighted by molar-refractivity contribution is 0.609. The maximum absolute atomic E-state index is 6.00. The van der Waals surface area contributed by atoms with E-state index in [9.17, 15) is 0 Å². The fourth-order valence-corrected chi connectivity index (χ4v) is 3.40. The summed E-state index contributed by atoms with van der Waals surface area (Å²) in [6.45, 7) is 0. The summed E-state index contributed by atoms with van der Waals surface area (Å²) in [5, 5.41) is 0. The van der Waals surface area contributed by atoms with Crippen molar-refractivity contribution in [2.45, 2.75) is 0 Å². The molecule has 0 fully saturated rings. The molecule has 6 nitrogen and oxygen atoms in total. The SMILES string of the molecule is CN(C)c1ccc(-c2nc3cc4nc(-c5ccc(N(C)C)cc5)oc4cc3o2)cc1. The van der Waals surface area contributed by atoms with Gasteiger partial charge in [-0.1, -0.05) is 0 Å². The molecule has 150 valence electrons. The van der Waals surface area contributed by atoms with Gasteiger partial charge in [0.25, 0.3) is 0 Å². The Kier molecular flexibility index (Phi) is 4.20. The van der Waals surface area contributed by atoms with Crippen LogP contribution in [0.3, 0.4) is 0 Å². The second kappa shape index (κ2) is 6.91. The van der Waals surface area contributed by atoms with Crippen LogP contribution in [-0.2, 0) is 0 Å². The van der Waals surface area contributed by atoms with E-state index in [0.717, 1.165) is 33.5 Å². The Bertz CT molecular complexity index is 1180. The predicted molar refractivity (Wildman–Crippen MR) is 121 cm³/mol. The van der Waals surface area contributed by atoms with Gasteiger partial charge in [0.05, 0.1) is 0 Å². The molecule has 0 saturated heterocycles. The predicted octanol–water partition coefficient (Wildman–Crippen LogP) is 5.44. The van der Waals surface area contributed by atoms with Gasteiger partial charge in [-0.15, -0.1) is 0 Å². The molecule has 0 aliphatic carbocycles. The van der Waals surface area contributed by atoms with E-state index in [1.165, 1.54) is 0 Å². The minimum atomic E-state index is 0.586. The zero-order valence-corrected chi connectivity index (χ0v) is 17.4. The Morgan fingerprint density at radius 1 is 0.567 bits per heavy atom. The highest BCUT2D eigenvalue weighted by Crippen LogP contribution is 2.31. The van der Waals surface area contributed by atoms with Gasteiger partial charge in [0.1, 0.15) is 11.0 Å². The van der Waals surface area contributed by atoms with Crippen molar-refractivity contribution in [2.24, 2.45) is 0 Å². The van der Waals surface area contributed by atoms with Crippen LogP contribution in [0.4, 0.5) is 11.4 Å². The summed E-state index contributed by atoms with van der Waals surface area (Å²) >= 11 is 0. The van der Waals surface area contributed by atoms with Crippen molar-refractivity contribution in [3.05, 3.63) is 60.7 Å². The van der Waals surface area contributed by atoms with Crippen LogP contribution in [0, 0.1) is 0 Å². The Labute approximate surface area is 174 Å². The van der Waals surface area contributed by atoms with Crippen LogP contribution in [0.1, 0.15) is 0 Å². The summed E-state index contributed by atoms with van der Waals surface area (Å²) in [6, 6.07) is 20.0. The number of hydrogen-bond acceptors (Lipinski definition) is 6. The summed E-state index contributed by atoms with van der Waals surface area (Å²) in [4.78, 5) is 13.4. The summed E-state index contributed by atoms with van der Waals surface area (Å²) < 4.78 is 12.0. The molecule has 0 saturated carbocycles. The van der Waals surface area contributed by atoms with Crippen molar-refractivity contribution in [3.63, 3.8) is 0 Å². The molecule has 30 heavy (non-hydrogen) atoms. The highest BCUT2D eigenvalue weighted by atomic mass is 16.4. The van der Waals surface area contributed by atoms with E-state index in [1.807, 2.05) is 88.9 Å². The van der Waals surface area contributed by atoms with Gasteiger partial charge in [0.2, 0.25) is 11.8 Å². The summed E-state index contributed by atoms with van der Waals surface area (Å²) in [7, 11) is 8.06. The quantitative estimate of drug-likeness (QED) is 0.402. The molecule has 0 bridgehead atoms. The van der Waals surface area contributed by atoms with E-state index in [4.69, 9.17) is 8.83 Å². The Hall–Kier alpha value is -3.80. The molecule has 5 rings (SSSR count). The topological polar surface area (TPSA) is 58.5 Å². The van der Waals surface area contributed by atoms with E-state index in [0.29, 0.717) is 22.9 Å². The first-order chi connectivity index (χ1) is 14.5. The van der Waals surface area contributed by atoms with Crippen molar-refractivity contribution in [1.29, 1.82) is 0 Å². The van der Waals surface area contributed by atoms with Crippen molar-refractivity contribution in [1.82, 2.24) is 9.97 Å². The monoisotopic (exact) mass is 398 g/mol. The fraction of sp³-hybridized carbons (Fsp3) is 0.167. The van der Waals surface area contributed by atoms with Crippen molar-refractivity contribution in [2.75, 3.05) is 38.0 Å². The molecule has 0 unspecified atom stereocenters. The molecule has 3 aromatic carbocycles. The summed E-state index contributed by atoms with van der Waals surface area (Å²) in [5.41, 5.74) is 7.00. The maximum atomic E-state index is 6.00. The Morgan fingerprint density at radius 3 is 1.33 bits per heavy atom. The molecule has 0 aliphatic heterocycles. The molecule has 0 N–H and O–H groups in total. The number of fused-ring (bicyclic) bond motifs is 2. The molecule has 0 atom stereocenters. The number of nitrogens with zero attached hydrogens (tertiary/aromatic N) is 4. The molecule has 2 aromatic heterocycles. The molecule has 0 spiro atoms. The van der Waals surface area contributed by atoms with Crippen LogP contribution in [-0.4, -0.2) is 38.2 Å². The molecular weight excluding hydrogens is 376 g/mol. The average Bonchev–Trinajstić information content (AvgIpc) is 3.35. The van der Waals surface area contributed by atoms with Gasteiger partial charge >= 0.3 is 0 Å². The molecular formula is C24H22N4O2. The molecule has 6 heteroatoms. The van der Waals surface area contributed by atoms with Gasteiger partial charge in [-0.2, -0.15) is 0 Å². The number of hydrogen-bond donors (Lipinski definition) is 0. The summed E-state index contributed by atoms with van der Waals surface area (Å²) in [5.74, 6) is 1.17. The van der Waals surface area contributed by atoms with Crippen molar-refractivity contribution in [3.8, 4) is 22.9 Å². The number of anilines is 2. The van der Waals surface area contributed by atoms with E-state index in [1.54, 1.807) is 0 Å². The van der Waals surface area contributed by atoms with Crippen molar-refractivity contribution >= 4 is 33.6 Å². The van der Waals surface area contributed by atoms with E-state index in [-0.39, 0.29) is 0 Å². The van der Waals surface area contributed by atoms with Gasteiger partial charge in [-0.3, -0.25) is 0 Å². The molecule has 0 radical (unpaired) electrons. The van der Waals surface area contributed by atoms with Gasteiger partial charge in [-0.25, -0.2) is 9.97 Å². The van der Waals surface area contributed by atoms with Gasteiger partial charge in [0, 0.05) is 56.8 Å². The van der Waals surface area contributed by atoms with Crippen molar-refractivity contribution < 1.29 is 8.83 Å². The van der Waals surface area contributed by atoms with Gasteiger partial charge in [-0.05, 0) is 54.6 Å². The number of oxazole rings is 2. The normalized spacial score (nSPS) is 11.3. The zero-order valence-electron chi connectivity index (χ0n) is 17.4. The number of rotatable bonds is 4. The Morgan fingerprint density at radius 2 is 0.967 bits per heavy atom. The Balaban J connectivity index is 1.50. The van der Waals surface area contributed by atoms with Gasteiger partial charge < -0.3 is 18.6 Å². The first-order valence-electron chi connectivity index (χ1n) is 9.74. The molecule has 0 amide bonds. The van der Waals surface area contributed by atoms with Crippen LogP contribution in [0.5, 0.6) is 0 Å². The van der Waals surface area contributed by atoms with Crippen LogP contribution in [0.15, 0.2) is 69.5 Å². The standard InChI is InChI=1S/C24H22N4O2/c1-27(2)17-9-5-15(6-10-17)23-25-19-13-20-22(14-21(19)29-23)30-24(26-20)16-7-11-18(12-8-16)28(3)4/h5-14H,1-4H3. The first-order valence-corrected chi connectivity index (χ1v) is 9.74.